The molecule has 0 spiro atoms. The Kier molecular flexibility index (Phi) is 9.13. The van der Waals surface area contributed by atoms with Gasteiger partial charge in [0.05, 0.1) is 24.2 Å². The van der Waals surface area contributed by atoms with Crippen LogP contribution in [0.3, 0.4) is 0 Å². The minimum atomic E-state index is -3.65. The molecule has 0 aromatic heterocycles. The first-order valence-corrected chi connectivity index (χ1v) is 14.8. The number of methoxy groups -OCH3 is 1. The van der Waals surface area contributed by atoms with Gasteiger partial charge in [-0.25, -0.2) is 8.42 Å². The van der Waals surface area contributed by atoms with E-state index in [9.17, 15) is 18.3 Å². The minimum absolute atomic E-state index is 0.0301. The molecular weight excluding hydrogens is 504 g/mol. The van der Waals surface area contributed by atoms with Gasteiger partial charge in [0.2, 0.25) is 15.9 Å². The second kappa shape index (κ2) is 12.2. The molecule has 0 radical (unpaired) electrons. The summed E-state index contributed by atoms with van der Waals surface area (Å²) in [5.41, 5.74) is 1.64. The molecule has 1 atom stereocenters. The zero-order valence-corrected chi connectivity index (χ0v) is 23.5. The molecule has 0 aliphatic carbocycles. The van der Waals surface area contributed by atoms with E-state index in [1.54, 1.807) is 42.3 Å². The maximum atomic E-state index is 13.5. The summed E-state index contributed by atoms with van der Waals surface area (Å²) in [5, 5.41) is 11.0. The minimum Gasteiger partial charge on any atom is -0.497 e. The highest BCUT2D eigenvalue weighted by Crippen LogP contribution is 2.31. The largest absolute Gasteiger partial charge is 0.497 e. The van der Waals surface area contributed by atoms with Crippen molar-refractivity contribution in [3.63, 3.8) is 0 Å². The van der Waals surface area contributed by atoms with Crippen LogP contribution in [-0.2, 0) is 26.0 Å². The summed E-state index contributed by atoms with van der Waals surface area (Å²) in [5.74, 6) is 0.585. The third kappa shape index (κ3) is 6.75. The summed E-state index contributed by atoms with van der Waals surface area (Å²) in [6, 6.07) is 13.4. The van der Waals surface area contributed by atoms with Gasteiger partial charge >= 0.3 is 0 Å². The molecule has 2 aromatic rings. The fourth-order valence-corrected chi connectivity index (χ4v) is 7.64. The quantitative estimate of drug-likeness (QED) is 0.520. The molecule has 9 heteroatoms. The Morgan fingerprint density at radius 3 is 2.37 bits per heavy atom. The highest BCUT2D eigenvalue weighted by Gasteiger charge is 2.35. The number of amides is 1. The summed E-state index contributed by atoms with van der Waals surface area (Å²) in [6.45, 7) is 5.74. The van der Waals surface area contributed by atoms with Gasteiger partial charge in [0, 0.05) is 32.6 Å². The van der Waals surface area contributed by atoms with Gasteiger partial charge < -0.3 is 19.5 Å². The van der Waals surface area contributed by atoms with Crippen molar-refractivity contribution in [1.82, 2.24) is 9.21 Å². The molecule has 2 aromatic carbocycles. The second-order valence-electron chi connectivity index (χ2n) is 10.7. The molecule has 2 heterocycles. The van der Waals surface area contributed by atoms with E-state index in [4.69, 9.17) is 9.47 Å². The number of hydrogen-bond donors (Lipinski definition) is 1. The van der Waals surface area contributed by atoms with Crippen LogP contribution in [0.5, 0.6) is 5.75 Å². The lowest BCUT2D eigenvalue weighted by Gasteiger charge is -2.38. The smallest absolute Gasteiger partial charge is 0.248 e. The Balaban J connectivity index is 1.26. The molecule has 4 rings (SSSR count). The van der Waals surface area contributed by atoms with Crippen molar-refractivity contribution in [2.45, 2.75) is 56.4 Å². The first kappa shape index (κ1) is 28.5. The van der Waals surface area contributed by atoms with Gasteiger partial charge in [0.25, 0.3) is 0 Å². The van der Waals surface area contributed by atoms with Crippen molar-refractivity contribution in [3.8, 4) is 5.75 Å². The predicted molar refractivity (Wildman–Crippen MR) is 146 cm³/mol. The van der Waals surface area contributed by atoms with Crippen LogP contribution in [0, 0.1) is 19.8 Å². The zero-order valence-electron chi connectivity index (χ0n) is 22.7. The Morgan fingerprint density at radius 1 is 1.08 bits per heavy atom. The van der Waals surface area contributed by atoms with E-state index in [-0.39, 0.29) is 18.4 Å². The number of carbonyl (C=O) groups is 1. The topological polar surface area (TPSA) is 96.4 Å². The third-order valence-corrected chi connectivity index (χ3v) is 9.92. The van der Waals surface area contributed by atoms with Gasteiger partial charge in [-0.2, -0.15) is 4.31 Å². The number of piperidine rings is 2. The van der Waals surface area contributed by atoms with Crippen LogP contribution in [0.15, 0.2) is 47.4 Å². The summed E-state index contributed by atoms with van der Waals surface area (Å²) >= 11 is 0. The van der Waals surface area contributed by atoms with Gasteiger partial charge in [0.15, 0.2) is 0 Å². The lowest BCUT2D eigenvalue weighted by molar-refractivity contribution is -0.140. The zero-order chi connectivity index (χ0) is 27.3. The number of ether oxygens (including phenoxy) is 2. The number of benzene rings is 2. The molecule has 1 N–H and O–H groups in total. The van der Waals surface area contributed by atoms with Gasteiger partial charge in [-0.3, -0.25) is 4.79 Å². The molecule has 38 heavy (non-hydrogen) atoms. The van der Waals surface area contributed by atoms with Crippen LogP contribution in [0.25, 0.3) is 0 Å². The van der Waals surface area contributed by atoms with Crippen molar-refractivity contribution in [2.24, 2.45) is 5.92 Å². The molecule has 0 saturated carbocycles. The maximum absolute atomic E-state index is 13.5. The third-order valence-electron chi connectivity index (χ3n) is 7.75. The van der Waals surface area contributed by atoms with Crippen LogP contribution in [0.4, 0.5) is 0 Å². The van der Waals surface area contributed by atoms with E-state index in [1.807, 2.05) is 30.3 Å². The maximum Gasteiger partial charge on any atom is 0.248 e. The predicted octanol–water partition coefficient (Wildman–Crippen LogP) is 3.33. The molecule has 2 aliphatic rings. The summed E-state index contributed by atoms with van der Waals surface area (Å²) in [6.07, 6.45) is 3.27. The Hall–Kier alpha value is -2.46. The number of aryl methyl sites for hydroxylation is 2. The van der Waals surface area contributed by atoms with E-state index >= 15 is 0 Å². The second-order valence-corrected chi connectivity index (χ2v) is 12.6. The van der Waals surface area contributed by atoms with E-state index < -0.39 is 15.6 Å². The first-order chi connectivity index (χ1) is 18.1. The van der Waals surface area contributed by atoms with Gasteiger partial charge in [-0.15, -0.1) is 0 Å². The monoisotopic (exact) mass is 544 g/mol. The Labute approximate surface area is 226 Å². The lowest BCUT2D eigenvalue weighted by Crippen LogP contribution is -2.48. The first-order valence-electron chi connectivity index (χ1n) is 13.4. The number of nitrogens with zero attached hydrogens (tertiary/aromatic N) is 2. The van der Waals surface area contributed by atoms with Crippen LogP contribution in [0.2, 0.25) is 0 Å². The van der Waals surface area contributed by atoms with Crippen molar-refractivity contribution in [3.05, 3.63) is 59.2 Å². The molecule has 2 aliphatic heterocycles. The van der Waals surface area contributed by atoms with Gasteiger partial charge in [-0.1, -0.05) is 30.3 Å². The van der Waals surface area contributed by atoms with Crippen molar-refractivity contribution in [2.75, 3.05) is 46.5 Å². The molecule has 2 saturated heterocycles. The number of sulfonamides is 1. The number of likely N-dealkylation sites (tertiary alicyclic amines) is 1. The molecule has 1 amide bonds. The lowest BCUT2D eigenvalue weighted by atomic mass is 9.85. The summed E-state index contributed by atoms with van der Waals surface area (Å²) in [7, 11) is -2.08. The highest BCUT2D eigenvalue weighted by atomic mass is 32.2. The molecule has 2 fully saturated rings. The molecule has 0 bridgehead atoms. The van der Waals surface area contributed by atoms with Crippen molar-refractivity contribution in [1.29, 1.82) is 0 Å². The van der Waals surface area contributed by atoms with Gasteiger partial charge in [-0.05, 0) is 74.3 Å². The highest BCUT2D eigenvalue weighted by molar-refractivity contribution is 7.89. The molecular formula is C29H40N2O6S. The van der Waals surface area contributed by atoms with Crippen molar-refractivity contribution < 1.29 is 27.8 Å². The van der Waals surface area contributed by atoms with E-state index in [1.165, 1.54) is 0 Å². The van der Waals surface area contributed by atoms with E-state index in [0.29, 0.717) is 73.8 Å². The number of carbonyl (C=O) groups excluding carboxylic acids is 1. The van der Waals surface area contributed by atoms with Crippen LogP contribution >= 0.6 is 0 Å². The Morgan fingerprint density at radius 2 is 1.74 bits per heavy atom. The number of hydrogen-bond acceptors (Lipinski definition) is 6. The fraction of sp³-hybridized carbons (Fsp3) is 0.552. The number of rotatable bonds is 9. The van der Waals surface area contributed by atoms with Gasteiger partial charge in [0.1, 0.15) is 12.4 Å². The van der Waals surface area contributed by atoms with E-state index in [0.717, 1.165) is 18.4 Å². The SMILES string of the molecule is COc1cc(C)c(S(=O)(=O)N2CCCC(COCC(=O)N3CCC(O)(Cc4ccccc4)CC3)C2)c(C)c1. The van der Waals surface area contributed by atoms with Crippen LogP contribution in [-0.4, -0.2) is 80.7 Å². The Bertz CT molecular complexity index is 1190. The van der Waals surface area contributed by atoms with Crippen LogP contribution in [0.1, 0.15) is 42.4 Å². The average molecular weight is 545 g/mol. The molecule has 208 valence electrons. The number of aliphatic hydroxyl groups is 1. The average Bonchev–Trinajstić information content (AvgIpc) is 2.89. The molecule has 8 nitrogen and oxygen atoms in total. The van der Waals surface area contributed by atoms with E-state index in [2.05, 4.69) is 0 Å². The normalized spacial score (nSPS) is 20.3. The molecule has 1 unspecified atom stereocenters. The van der Waals surface area contributed by atoms with Crippen LogP contribution < -0.4 is 4.74 Å². The fourth-order valence-electron chi connectivity index (χ4n) is 5.67. The summed E-state index contributed by atoms with van der Waals surface area (Å²) in [4.78, 5) is 14.8. The standard InChI is InChI=1S/C29H40N2O6S/c1-22-16-26(36-3)17-23(2)28(22)38(34,35)31-13-7-10-25(19-31)20-37-21-27(32)30-14-11-29(33,12-15-30)18-24-8-5-4-6-9-24/h4-6,8-9,16-17,25,33H,7,10-15,18-21H2,1-3H3. The van der Waals surface area contributed by atoms with Crippen molar-refractivity contribution >= 4 is 15.9 Å². The summed E-state index contributed by atoms with van der Waals surface area (Å²) < 4.78 is 39.6.